The number of nitrogens with two attached hydrogens (primary N) is 1. The summed E-state index contributed by atoms with van der Waals surface area (Å²) in [6, 6.07) is 15.4. The van der Waals surface area contributed by atoms with Crippen molar-refractivity contribution in [2.75, 3.05) is 12.0 Å². The lowest BCUT2D eigenvalue weighted by Gasteiger charge is -2.25. The van der Waals surface area contributed by atoms with Crippen LogP contribution >= 0.6 is 0 Å². The maximum atomic E-state index is 12.2. The minimum Gasteiger partial charge on any atom is -0.467 e. The molecule has 2 rings (SSSR count). The lowest BCUT2D eigenvalue weighted by Crippen LogP contribution is -2.36. The molecule has 0 amide bonds. The van der Waals surface area contributed by atoms with Crippen LogP contribution in [0, 0.1) is 19.8 Å². The average molecular weight is 367 g/mol. The summed E-state index contributed by atoms with van der Waals surface area (Å²) < 4.78 is 4.92. The van der Waals surface area contributed by atoms with E-state index < -0.39 is 6.04 Å². The number of anilines is 2. The van der Waals surface area contributed by atoms with Crippen LogP contribution in [0.1, 0.15) is 31.4 Å². The molecule has 144 valence electrons. The molecule has 0 saturated heterocycles. The molecule has 0 radical (unpaired) electrons. The van der Waals surface area contributed by atoms with Gasteiger partial charge < -0.3 is 10.5 Å². The van der Waals surface area contributed by atoms with E-state index in [9.17, 15) is 4.79 Å². The third-order valence-corrected chi connectivity index (χ3v) is 4.27. The minimum atomic E-state index is -0.631. The number of carbonyl (C=O) groups excluding carboxylic acids is 1. The Kier molecular flexibility index (Phi) is 6.99. The molecule has 0 aromatic heterocycles. The summed E-state index contributed by atoms with van der Waals surface area (Å²) in [6.45, 7) is 8.15. The fourth-order valence-electron chi connectivity index (χ4n) is 2.80. The predicted molar refractivity (Wildman–Crippen MR) is 111 cm³/mol. The van der Waals surface area contributed by atoms with Crippen molar-refractivity contribution < 1.29 is 9.53 Å². The van der Waals surface area contributed by atoms with Crippen LogP contribution in [0.3, 0.4) is 0 Å². The van der Waals surface area contributed by atoms with Crippen LogP contribution in [0.15, 0.2) is 53.5 Å². The van der Waals surface area contributed by atoms with E-state index in [0.717, 1.165) is 22.5 Å². The Morgan fingerprint density at radius 3 is 1.81 bits per heavy atom. The minimum absolute atomic E-state index is 0.263. The van der Waals surface area contributed by atoms with E-state index >= 15 is 0 Å². The van der Waals surface area contributed by atoms with Crippen LogP contribution in [-0.2, 0) is 9.53 Å². The van der Waals surface area contributed by atoms with E-state index in [-0.39, 0.29) is 17.8 Å². The molecule has 1 unspecified atom stereocenters. The molecule has 0 saturated carbocycles. The zero-order valence-electron chi connectivity index (χ0n) is 16.8. The topological polar surface area (TPSA) is 67.9 Å². The van der Waals surface area contributed by atoms with Crippen LogP contribution in [0.4, 0.5) is 11.4 Å². The normalized spacial score (nSPS) is 12.7. The van der Waals surface area contributed by atoms with Gasteiger partial charge >= 0.3 is 5.97 Å². The van der Waals surface area contributed by atoms with Gasteiger partial charge in [0.25, 0.3) is 0 Å². The molecule has 1 atom stereocenters. The predicted octanol–water partition coefficient (Wildman–Crippen LogP) is 4.34. The molecular weight excluding hydrogens is 338 g/mol. The van der Waals surface area contributed by atoms with E-state index in [2.05, 4.69) is 4.99 Å². The molecule has 0 heterocycles. The first-order valence-electron chi connectivity index (χ1n) is 9.16. The maximum Gasteiger partial charge on any atom is 0.330 e. The lowest BCUT2D eigenvalue weighted by atomic mass is 10.0. The van der Waals surface area contributed by atoms with Gasteiger partial charge in [0.15, 0.2) is 6.04 Å². The summed E-state index contributed by atoms with van der Waals surface area (Å²) in [6.07, 6.45) is 0.572. The summed E-state index contributed by atoms with van der Waals surface area (Å²) in [7, 11) is 1.37. The maximum absolute atomic E-state index is 12.2. The van der Waals surface area contributed by atoms with Gasteiger partial charge in [-0.2, -0.15) is 0 Å². The van der Waals surface area contributed by atoms with Crippen LogP contribution in [-0.4, -0.2) is 25.1 Å². The van der Waals surface area contributed by atoms with Crippen LogP contribution < -0.4 is 10.6 Å². The fourth-order valence-corrected chi connectivity index (χ4v) is 2.80. The number of hydrogen-bond acceptors (Lipinski definition) is 3. The first kappa shape index (κ1) is 20.5. The van der Waals surface area contributed by atoms with Crippen molar-refractivity contribution in [3.63, 3.8) is 0 Å². The van der Waals surface area contributed by atoms with Gasteiger partial charge in [0.05, 0.1) is 7.11 Å². The molecule has 2 aromatic rings. The van der Waals surface area contributed by atoms with E-state index in [4.69, 9.17) is 10.5 Å². The second-order valence-electron chi connectivity index (χ2n) is 7.16. The van der Waals surface area contributed by atoms with Gasteiger partial charge in [-0.1, -0.05) is 49.2 Å². The highest BCUT2D eigenvalue weighted by Crippen LogP contribution is 2.26. The largest absolute Gasteiger partial charge is 0.467 e. The SMILES string of the molecule is COC(=O)C(CC(C)C)N=C(N)N(c1ccc(C)cc1)c1ccc(C)cc1. The lowest BCUT2D eigenvalue weighted by molar-refractivity contribution is -0.142. The molecule has 0 aliphatic heterocycles. The van der Waals surface area contributed by atoms with E-state index in [1.807, 2.05) is 81.1 Å². The smallest absolute Gasteiger partial charge is 0.330 e. The molecular formula is C22H29N3O2. The number of esters is 1. The van der Waals surface area contributed by atoms with Gasteiger partial charge in [-0.15, -0.1) is 0 Å². The van der Waals surface area contributed by atoms with Crippen molar-refractivity contribution in [3.05, 3.63) is 59.7 Å². The molecule has 0 spiro atoms. The number of aryl methyl sites for hydroxylation is 2. The number of hydrogen-bond donors (Lipinski definition) is 1. The number of guanidine groups is 1. The zero-order chi connectivity index (χ0) is 20.0. The van der Waals surface area contributed by atoms with Crippen molar-refractivity contribution in [2.45, 2.75) is 40.2 Å². The van der Waals surface area contributed by atoms with Crippen LogP contribution in [0.5, 0.6) is 0 Å². The fraction of sp³-hybridized carbons (Fsp3) is 0.364. The number of nitrogens with zero attached hydrogens (tertiary/aromatic N) is 2. The first-order valence-corrected chi connectivity index (χ1v) is 9.16. The Bertz CT molecular complexity index is 735. The highest BCUT2D eigenvalue weighted by Gasteiger charge is 2.22. The zero-order valence-corrected chi connectivity index (χ0v) is 16.8. The molecule has 0 aliphatic carbocycles. The number of rotatable bonds is 6. The van der Waals surface area contributed by atoms with Gasteiger partial charge in [0.2, 0.25) is 5.96 Å². The molecule has 5 heteroatoms. The Balaban J connectivity index is 2.48. The summed E-state index contributed by atoms with van der Waals surface area (Å²) in [5.41, 5.74) is 10.5. The first-order chi connectivity index (χ1) is 12.8. The van der Waals surface area contributed by atoms with Gasteiger partial charge in [-0.25, -0.2) is 9.79 Å². The van der Waals surface area contributed by atoms with Crippen molar-refractivity contribution in [2.24, 2.45) is 16.6 Å². The summed E-state index contributed by atoms with van der Waals surface area (Å²) in [5, 5.41) is 0. The van der Waals surface area contributed by atoms with Crippen molar-refractivity contribution >= 4 is 23.3 Å². The van der Waals surface area contributed by atoms with Crippen LogP contribution in [0.25, 0.3) is 0 Å². The monoisotopic (exact) mass is 367 g/mol. The van der Waals surface area contributed by atoms with Crippen molar-refractivity contribution in [1.29, 1.82) is 0 Å². The highest BCUT2D eigenvalue weighted by atomic mass is 16.5. The quantitative estimate of drug-likeness (QED) is 0.468. The van der Waals surface area contributed by atoms with Crippen LogP contribution in [0.2, 0.25) is 0 Å². The Morgan fingerprint density at radius 1 is 1.00 bits per heavy atom. The van der Waals surface area contributed by atoms with Gasteiger partial charge in [0, 0.05) is 11.4 Å². The number of aliphatic imine (C=N–C) groups is 1. The Morgan fingerprint density at radius 2 is 1.44 bits per heavy atom. The standard InChI is InChI=1S/C22H29N3O2/c1-15(2)14-20(21(26)27-5)24-22(23)25(18-10-6-16(3)7-11-18)19-12-8-17(4)9-13-19/h6-13,15,20H,14H2,1-5H3,(H2,23,24). The highest BCUT2D eigenvalue weighted by molar-refractivity contribution is 6.02. The summed E-state index contributed by atoms with van der Waals surface area (Å²) in [4.78, 5) is 18.6. The molecule has 0 bridgehead atoms. The average Bonchev–Trinajstić information content (AvgIpc) is 2.63. The van der Waals surface area contributed by atoms with Gasteiger partial charge in [-0.3, -0.25) is 4.90 Å². The molecule has 0 aliphatic rings. The second kappa shape index (κ2) is 9.21. The Labute approximate surface area is 161 Å². The van der Waals surface area contributed by atoms with E-state index in [0.29, 0.717) is 6.42 Å². The number of carbonyl (C=O) groups is 1. The summed E-state index contributed by atoms with van der Waals surface area (Å²) in [5.74, 6) is 0.177. The number of methoxy groups -OCH3 is 1. The van der Waals surface area contributed by atoms with Gasteiger partial charge in [-0.05, 0) is 50.5 Å². The number of benzene rings is 2. The Hall–Kier alpha value is -2.82. The van der Waals surface area contributed by atoms with E-state index in [1.54, 1.807) is 0 Å². The van der Waals surface area contributed by atoms with Gasteiger partial charge in [0.1, 0.15) is 0 Å². The molecule has 0 fully saturated rings. The number of ether oxygens (including phenoxy) is 1. The second-order valence-corrected chi connectivity index (χ2v) is 7.16. The molecule has 27 heavy (non-hydrogen) atoms. The molecule has 2 aromatic carbocycles. The molecule has 5 nitrogen and oxygen atoms in total. The summed E-state index contributed by atoms with van der Waals surface area (Å²) >= 11 is 0. The molecule has 2 N–H and O–H groups in total. The third-order valence-electron chi connectivity index (χ3n) is 4.27. The third kappa shape index (κ3) is 5.58. The van der Waals surface area contributed by atoms with Crippen molar-refractivity contribution in [3.8, 4) is 0 Å². The van der Waals surface area contributed by atoms with Crippen molar-refractivity contribution in [1.82, 2.24) is 0 Å². The van der Waals surface area contributed by atoms with E-state index in [1.165, 1.54) is 7.11 Å².